The third-order valence-corrected chi connectivity index (χ3v) is 4.78. The summed E-state index contributed by atoms with van der Waals surface area (Å²) in [6.07, 6.45) is 5.61. The molecular weight excluding hydrogens is 331 g/mol. The van der Waals surface area contributed by atoms with Crippen LogP contribution in [-0.2, 0) is 17.8 Å². The van der Waals surface area contributed by atoms with Crippen molar-refractivity contribution in [3.63, 3.8) is 0 Å². The van der Waals surface area contributed by atoms with Crippen LogP contribution >= 0.6 is 0 Å². The number of hydrogen-bond donors (Lipinski definition) is 0. The molecule has 6 heteroatoms. The zero-order valence-electron chi connectivity index (χ0n) is 15.4. The maximum absolute atomic E-state index is 13.0. The molecule has 1 aromatic carbocycles. The van der Waals surface area contributed by atoms with Gasteiger partial charge in [0.1, 0.15) is 5.82 Å². The number of aromatic nitrogens is 2. The maximum atomic E-state index is 13.0. The van der Waals surface area contributed by atoms with Crippen LogP contribution in [0.3, 0.4) is 0 Å². The normalized spacial score (nSPS) is 15.5. The van der Waals surface area contributed by atoms with Gasteiger partial charge in [-0.3, -0.25) is 14.8 Å². The van der Waals surface area contributed by atoms with Crippen LogP contribution in [0.25, 0.3) is 0 Å². The molecule has 0 aliphatic carbocycles. The topological polar surface area (TPSA) is 49.3 Å². The molecule has 3 rings (SSSR count). The third kappa shape index (κ3) is 4.64. The number of carbonyl (C=O) groups excluding carboxylic acids is 1. The molecule has 0 saturated carbocycles. The SMILES string of the molecule is CN(C)Cc1nccnc1C1CCN(C(=O)Cc2ccc(F)cc2)CC1. The Morgan fingerprint density at radius 1 is 1.15 bits per heavy atom. The standard InChI is InChI=1S/C20H25FN4O/c1-24(2)14-18-20(23-10-9-22-18)16-7-11-25(12-8-16)19(26)13-15-3-5-17(21)6-4-15/h3-6,9-10,16H,7-8,11-14H2,1-2H3. The van der Waals surface area contributed by atoms with E-state index in [1.807, 2.05) is 19.0 Å². The van der Waals surface area contributed by atoms with Crippen molar-refractivity contribution in [3.8, 4) is 0 Å². The van der Waals surface area contributed by atoms with Gasteiger partial charge < -0.3 is 9.80 Å². The van der Waals surface area contributed by atoms with Crippen molar-refractivity contribution in [3.05, 3.63) is 59.4 Å². The van der Waals surface area contributed by atoms with Crippen molar-refractivity contribution in [1.29, 1.82) is 0 Å². The molecule has 2 aromatic rings. The highest BCUT2D eigenvalue weighted by molar-refractivity contribution is 5.78. The van der Waals surface area contributed by atoms with Crippen LogP contribution in [0, 0.1) is 5.82 Å². The van der Waals surface area contributed by atoms with Crippen molar-refractivity contribution >= 4 is 5.91 Å². The summed E-state index contributed by atoms with van der Waals surface area (Å²) in [5.41, 5.74) is 2.93. The quantitative estimate of drug-likeness (QED) is 0.826. The second kappa shape index (κ2) is 8.36. The summed E-state index contributed by atoms with van der Waals surface area (Å²) in [5, 5.41) is 0. The van der Waals surface area contributed by atoms with Crippen LogP contribution in [0.4, 0.5) is 4.39 Å². The highest BCUT2D eigenvalue weighted by atomic mass is 19.1. The van der Waals surface area contributed by atoms with E-state index in [0.29, 0.717) is 12.3 Å². The fourth-order valence-corrected chi connectivity index (χ4v) is 3.43. The Morgan fingerprint density at radius 3 is 2.46 bits per heavy atom. The van der Waals surface area contributed by atoms with Crippen LogP contribution in [0.2, 0.25) is 0 Å². The zero-order chi connectivity index (χ0) is 18.5. The Morgan fingerprint density at radius 2 is 1.81 bits per heavy atom. The smallest absolute Gasteiger partial charge is 0.226 e. The lowest BCUT2D eigenvalue weighted by Gasteiger charge is -2.32. The summed E-state index contributed by atoms with van der Waals surface area (Å²) in [6.45, 7) is 2.22. The second-order valence-corrected chi connectivity index (χ2v) is 7.08. The van der Waals surface area contributed by atoms with E-state index in [2.05, 4.69) is 14.9 Å². The van der Waals surface area contributed by atoms with E-state index in [0.717, 1.165) is 49.4 Å². The van der Waals surface area contributed by atoms with E-state index >= 15 is 0 Å². The van der Waals surface area contributed by atoms with E-state index in [1.54, 1.807) is 24.5 Å². The van der Waals surface area contributed by atoms with E-state index in [-0.39, 0.29) is 11.7 Å². The van der Waals surface area contributed by atoms with Gasteiger partial charge in [-0.05, 0) is 44.6 Å². The van der Waals surface area contributed by atoms with Crippen molar-refractivity contribution in [2.75, 3.05) is 27.2 Å². The molecule has 1 aliphatic rings. The fourth-order valence-electron chi connectivity index (χ4n) is 3.43. The average Bonchev–Trinajstić information content (AvgIpc) is 2.64. The molecule has 0 N–H and O–H groups in total. The van der Waals surface area contributed by atoms with Crippen LogP contribution in [0.15, 0.2) is 36.7 Å². The number of halogens is 1. The van der Waals surface area contributed by atoms with Crippen LogP contribution in [0.1, 0.15) is 35.7 Å². The van der Waals surface area contributed by atoms with Crippen molar-refractivity contribution in [2.45, 2.75) is 31.7 Å². The van der Waals surface area contributed by atoms with Crippen molar-refractivity contribution in [1.82, 2.24) is 19.8 Å². The van der Waals surface area contributed by atoms with Gasteiger partial charge in [0, 0.05) is 37.9 Å². The van der Waals surface area contributed by atoms with Gasteiger partial charge in [-0.1, -0.05) is 12.1 Å². The summed E-state index contributed by atoms with van der Waals surface area (Å²) < 4.78 is 13.0. The first-order chi connectivity index (χ1) is 12.5. The second-order valence-electron chi connectivity index (χ2n) is 7.08. The van der Waals surface area contributed by atoms with Crippen LogP contribution < -0.4 is 0 Å². The number of likely N-dealkylation sites (tertiary alicyclic amines) is 1. The van der Waals surface area contributed by atoms with Crippen LogP contribution in [0.5, 0.6) is 0 Å². The predicted molar refractivity (Wildman–Crippen MR) is 98.1 cm³/mol. The summed E-state index contributed by atoms with van der Waals surface area (Å²) in [7, 11) is 4.05. The molecule has 0 unspecified atom stereocenters. The molecule has 0 bridgehead atoms. The third-order valence-electron chi connectivity index (χ3n) is 4.78. The molecule has 1 aromatic heterocycles. The molecule has 0 spiro atoms. The number of piperidine rings is 1. The van der Waals surface area contributed by atoms with Gasteiger partial charge in [0.25, 0.3) is 0 Å². The average molecular weight is 356 g/mol. The number of benzene rings is 1. The number of amides is 1. The van der Waals surface area contributed by atoms with Crippen molar-refractivity contribution in [2.24, 2.45) is 0 Å². The van der Waals surface area contributed by atoms with Gasteiger partial charge >= 0.3 is 0 Å². The van der Waals surface area contributed by atoms with Crippen molar-refractivity contribution < 1.29 is 9.18 Å². The predicted octanol–water partition coefficient (Wildman–Crippen LogP) is 2.63. The molecule has 1 fully saturated rings. The molecule has 1 amide bonds. The van der Waals surface area contributed by atoms with E-state index in [9.17, 15) is 9.18 Å². The fraction of sp³-hybridized carbons (Fsp3) is 0.450. The molecule has 0 radical (unpaired) electrons. The Hall–Kier alpha value is -2.34. The molecule has 1 saturated heterocycles. The minimum atomic E-state index is -0.278. The van der Waals surface area contributed by atoms with E-state index in [4.69, 9.17) is 0 Å². The minimum Gasteiger partial charge on any atom is -0.342 e. The Labute approximate surface area is 153 Å². The number of nitrogens with zero attached hydrogens (tertiary/aromatic N) is 4. The van der Waals surface area contributed by atoms with Gasteiger partial charge in [-0.15, -0.1) is 0 Å². The summed E-state index contributed by atoms with van der Waals surface area (Å²) in [4.78, 5) is 25.6. The van der Waals surface area contributed by atoms with Gasteiger partial charge in [0.2, 0.25) is 5.91 Å². The first-order valence-electron chi connectivity index (χ1n) is 8.99. The number of carbonyl (C=O) groups is 1. The lowest BCUT2D eigenvalue weighted by molar-refractivity contribution is -0.131. The lowest BCUT2D eigenvalue weighted by Crippen LogP contribution is -2.39. The van der Waals surface area contributed by atoms with E-state index in [1.165, 1.54) is 12.1 Å². The molecular formula is C20H25FN4O. The first-order valence-corrected chi connectivity index (χ1v) is 8.99. The molecule has 26 heavy (non-hydrogen) atoms. The molecule has 2 heterocycles. The van der Waals surface area contributed by atoms with Gasteiger partial charge in [-0.2, -0.15) is 0 Å². The maximum Gasteiger partial charge on any atom is 0.226 e. The molecule has 1 aliphatic heterocycles. The molecule has 0 atom stereocenters. The highest BCUT2D eigenvalue weighted by Gasteiger charge is 2.26. The Balaban J connectivity index is 1.59. The lowest BCUT2D eigenvalue weighted by atomic mass is 9.91. The largest absolute Gasteiger partial charge is 0.342 e. The van der Waals surface area contributed by atoms with Gasteiger partial charge in [0.15, 0.2) is 0 Å². The van der Waals surface area contributed by atoms with E-state index < -0.39 is 0 Å². The number of rotatable bonds is 5. The Bertz CT molecular complexity index is 740. The van der Waals surface area contributed by atoms with Crippen LogP contribution in [-0.4, -0.2) is 52.9 Å². The van der Waals surface area contributed by atoms with Gasteiger partial charge in [0.05, 0.1) is 17.8 Å². The summed E-state index contributed by atoms with van der Waals surface area (Å²) >= 11 is 0. The molecule has 138 valence electrons. The summed E-state index contributed by atoms with van der Waals surface area (Å²) in [5.74, 6) is 0.163. The first kappa shape index (κ1) is 18.5. The zero-order valence-corrected chi connectivity index (χ0v) is 15.4. The van der Waals surface area contributed by atoms with Gasteiger partial charge in [-0.25, -0.2) is 4.39 Å². The number of hydrogen-bond acceptors (Lipinski definition) is 4. The summed E-state index contributed by atoms with van der Waals surface area (Å²) in [6, 6.07) is 6.14. The monoisotopic (exact) mass is 356 g/mol. The highest BCUT2D eigenvalue weighted by Crippen LogP contribution is 2.28. The Kier molecular flexibility index (Phi) is 5.93. The minimum absolute atomic E-state index is 0.0997. The molecule has 5 nitrogen and oxygen atoms in total.